The van der Waals surface area contributed by atoms with Crippen LogP contribution in [0.2, 0.25) is 5.02 Å². The van der Waals surface area contributed by atoms with E-state index in [2.05, 4.69) is 25.7 Å². The number of piperidine rings is 1. The lowest BCUT2D eigenvalue weighted by Crippen LogP contribution is -2.39. The molecular formula is C23H24ClF2N7O2. The maximum absolute atomic E-state index is 14.5. The molecule has 5 rings (SSSR count). The summed E-state index contributed by atoms with van der Waals surface area (Å²) < 4.78 is 37.0. The van der Waals surface area contributed by atoms with E-state index in [1.807, 2.05) is 6.92 Å². The molecule has 9 nitrogen and oxygen atoms in total. The first-order valence-electron chi connectivity index (χ1n) is 11.2. The molecule has 0 radical (unpaired) electrons. The van der Waals surface area contributed by atoms with Crippen LogP contribution in [0.5, 0.6) is 5.75 Å². The quantitative estimate of drug-likeness (QED) is 0.416. The van der Waals surface area contributed by atoms with Crippen molar-refractivity contribution < 1.29 is 18.6 Å². The molecule has 0 bridgehead atoms. The Bertz CT molecular complexity index is 1360. The number of nitrogens with zero attached hydrogens (tertiary/aromatic N) is 6. The summed E-state index contributed by atoms with van der Waals surface area (Å²) in [6, 6.07) is 3.96. The third-order valence-electron chi connectivity index (χ3n) is 6.21. The number of pyridine rings is 2. The van der Waals surface area contributed by atoms with Gasteiger partial charge >= 0.3 is 0 Å². The van der Waals surface area contributed by atoms with Crippen LogP contribution in [-0.4, -0.2) is 60.6 Å². The highest BCUT2D eigenvalue weighted by Crippen LogP contribution is 2.34. The number of aromatic nitrogens is 6. The van der Waals surface area contributed by atoms with Crippen molar-refractivity contribution in [3.05, 3.63) is 59.0 Å². The van der Waals surface area contributed by atoms with Crippen LogP contribution < -0.4 is 10.1 Å². The van der Waals surface area contributed by atoms with Crippen LogP contribution in [0.15, 0.2) is 36.8 Å². The van der Waals surface area contributed by atoms with E-state index in [0.29, 0.717) is 46.2 Å². The van der Waals surface area contributed by atoms with E-state index in [9.17, 15) is 13.9 Å². The van der Waals surface area contributed by atoms with Crippen LogP contribution >= 0.6 is 11.6 Å². The minimum Gasteiger partial charge on any atom is -0.488 e. The molecule has 0 aliphatic carbocycles. The van der Waals surface area contributed by atoms with E-state index in [0.717, 1.165) is 6.20 Å². The van der Waals surface area contributed by atoms with E-state index >= 15 is 0 Å². The molecule has 1 fully saturated rings. The predicted octanol–water partition coefficient (Wildman–Crippen LogP) is 3.25. The van der Waals surface area contributed by atoms with E-state index < -0.39 is 23.6 Å². The van der Waals surface area contributed by atoms with Gasteiger partial charge in [-0.05, 0) is 45.0 Å². The Balaban J connectivity index is 1.48. The molecular weight excluding hydrogens is 480 g/mol. The summed E-state index contributed by atoms with van der Waals surface area (Å²) in [5.74, 6) is -0.149. The van der Waals surface area contributed by atoms with Gasteiger partial charge in [0.2, 0.25) is 0 Å². The summed E-state index contributed by atoms with van der Waals surface area (Å²) in [4.78, 5) is 3.96. The highest BCUT2D eigenvalue weighted by atomic mass is 35.5. The molecule has 184 valence electrons. The minimum absolute atomic E-state index is 0.184. The molecule has 2 N–H and O–H groups in total. The Kier molecular flexibility index (Phi) is 6.16. The standard InChI is InChI=1S/C23H24ClF2N7O2/c1-13-21(30-31-33(13)18-5-6-27-10-17(18)26)14-7-19(22-16(24)9-29-32(22)11-14)35-12-23(2,34)20-4-3-15(25)8-28-20/h3-4,7-9,11,17-18,27,34H,5-6,10,12H2,1-2H3/t17-,18-,23?/m0/s1. The van der Waals surface area contributed by atoms with Gasteiger partial charge < -0.3 is 15.2 Å². The molecule has 4 aromatic heterocycles. The third kappa shape index (κ3) is 4.46. The van der Waals surface area contributed by atoms with E-state index in [-0.39, 0.29) is 18.8 Å². The van der Waals surface area contributed by atoms with Crippen molar-refractivity contribution in [2.75, 3.05) is 19.7 Å². The fourth-order valence-electron chi connectivity index (χ4n) is 4.28. The second-order valence-corrected chi connectivity index (χ2v) is 9.25. The Labute approximate surface area is 204 Å². The van der Waals surface area contributed by atoms with Gasteiger partial charge in [0.05, 0.1) is 34.8 Å². The number of nitrogens with one attached hydrogen (secondary N) is 1. The molecule has 1 unspecified atom stereocenters. The Morgan fingerprint density at radius 2 is 2.17 bits per heavy atom. The fourth-order valence-corrected chi connectivity index (χ4v) is 4.50. The molecule has 0 spiro atoms. The van der Waals surface area contributed by atoms with E-state index in [1.54, 1.807) is 21.5 Å². The highest BCUT2D eigenvalue weighted by Gasteiger charge is 2.30. The van der Waals surface area contributed by atoms with E-state index in [1.165, 1.54) is 25.3 Å². The van der Waals surface area contributed by atoms with Gasteiger partial charge in [-0.25, -0.2) is 18.0 Å². The Hall–Kier alpha value is -3.15. The summed E-state index contributed by atoms with van der Waals surface area (Å²) in [5, 5.41) is 27.1. The molecule has 0 aromatic carbocycles. The van der Waals surface area contributed by atoms with Crippen molar-refractivity contribution in [1.29, 1.82) is 0 Å². The largest absolute Gasteiger partial charge is 0.488 e. The first kappa shape index (κ1) is 23.6. The van der Waals surface area contributed by atoms with Gasteiger partial charge in [-0.2, -0.15) is 5.10 Å². The molecule has 4 aromatic rings. The number of rotatable bonds is 6. The number of aliphatic hydroxyl groups is 1. The molecule has 3 atom stereocenters. The lowest BCUT2D eigenvalue weighted by atomic mass is 10.0. The molecule has 1 aliphatic heterocycles. The molecule has 35 heavy (non-hydrogen) atoms. The fraction of sp³-hybridized carbons (Fsp3) is 0.391. The van der Waals surface area contributed by atoms with Gasteiger partial charge in [0.1, 0.15) is 41.2 Å². The van der Waals surface area contributed by atoms with Gasteiger partial charge in [-0.15, -0.1) is 5.10 Å². The average molecular weight is 504 g/mol. The average Bonchev–Trinajstić information content (AvgIpc) is 3.40. The number of hydrogen-bond acceptors (Lipinski definition) is 7. The van der Waals surface area contributed by atoms with Crippen LogP contribution in [0.4, 0.5) is 8.78 Å². The second kappa shape index (κ2) is 9.14. The maximum atomic E-state index is 14.5. The van der Waals surface area contributed by atoms with Gasteiger partial charge in [0, 0.05) is 18.3 Å². The van der Waals surface area contributed by atoms with Gasteiger partial charge in [-0.1, -0.05) is 16.8 Å². The Morgan fingerprint density at radius 3 is 2.91 bits per heavy atom. The van der Waals surface area contributed by atoms with Crippen LogP contribution in [-0.2, 0) is 5.60 Å². The topological polar surface area (TPSA) is 102 Å². The molecule has 0 amide bonds. The van der Waals surface area contributed by atoms with Gasteiger partial charge in [-0.3, -0.25) is 4.98 Å². The zero-order valence-electron chi connectivity index (χ0n) is 19.1. The third-order valence-corrected chi connectivity index (χ3v) is 6.49. The van der Waals surface area contributed by atoms with Crippen LogP contribution in [0.1, 0.15) is 30.8 Å². The number of fused-ring (bicyclic) bond motifs is 1. The molecule has 5 heterocycles. The van der Waals surface area contributed by atoms with Crippen LogP contribution in [0.3, 0.4) is 0 Å². The summed E-state index contributed by atoms with van der Waals surface area (Å²) >= 11 is 6.35. The summed E-state index contributed by atoms with van der Waals surface area (Å²) in [6.07, 6.45) is 3.81. The molecule has 0 saturated carbocycles. The smallest absolute Gasteiger partial charge is 0.147 e. The zero-order chi connectivity index (χ0) is 24.7. The van der Waals surface area contributed by atoms with Crippen molar-refractivity contribution in [2.24, 2.45) is 0 Å². The monoisotopic (exact) mass is 503 g/mol. The maximum Gasteiger partial charge on any atom is 0.147 e. The van der Waals surface area contributed by atoms with Crippen LogP contribution in [0, 0.1) is 12.7 Å². The molecule has 1 aliphatic rings. The number of alkyl halides is 1. The molecule has 12 heteroatoms. The van der Waals surface area contributed by atoms with E-state index in [4.69, 9.17) is 16.3 Å². The zero-order valence-corrected chi connectivity index (χ0v) is 19.9. The van der Waals surface area contributed by atoms with Crippen LogP contribution in [0.25, 0.3) is 16.8 Å². The highest BCUT2D eigenvalue weighted by molar-refractivity contribution is 6.34. The predicted molar refractivity (Wildman–Crippen MR) is 125 cm³/mol. The van der Waals surface area contributed by atoms with Crippen molar-refractivity contribution >= 4 is 17.1 Å². The lowest BCUT2D eigenvalue weighted by molar-refractivity contribution is 0.00420. The number of hydrogen-bond donors (Lipinski definition) is 2. The van der Waals surface area contributed by atoms with Crippen molar-refractivity contribution in [2.45, 2.75) is 38.1 Å². The SMILES string of the molecule is Cc1c(-c2cc(OCC(C)(O)c3ccc(F)cn3)c3c(Cl)cnn3c2)nnn1[C@H]1CCNC[C@@H]1F. The number of ether oxygens (including phenoxy) is 1. The lowest BCUT2D eigenvalue weighted by Gasteiger charge is -2.27. The Morgan fingerprint density at radius 1 is 1.34 bits per heavy atom. The normalized spacial score (nSPS) is 20.2. The van der Waals surface area contributed by atoms with Crippen molar-refractivity contribution in [3.8, 4) is 17.0 Å². The second-order valence-electron chi connectivity index (χ2n) is 8.85. The van der Waals surface area contributed by atoms with Crippen molar-refractivity contribution in [1.82, 2.24) is 34.9 Å². The van der Waals surface area contributed by atoms with Gasteiger partial charge in [0.15, 0.2) is 0 Å². The first-order valence-corrected chi connectivity index (χ1v) is 11.5. The first-order chi connectivity index (χ1) is 16.7. The number of halogens is 3. The van der Waals surface area contributed by atoms with Crippen molar-refractivity contribution in [3.63, 3.8) is 0 Å². The summed E-state index contributed by atoms with van der Waals surface area (Å²) in [6.45, 7) is 4.16. The molecule has 1 saturated heterocycles. The summed E-state index contributed by atoms with van der Waals surface area (Å²) in [7, 11) is 0. The van der Waals surface area contributed by atoms with Gasteiger partial charge in [0.25, 0.3) is 0 Å². The minimum atomic E-state index is -1.50. The summed E-state index contributed by atoms with van der Waals surface area (Å²) in [5.41, 5.74) is 1.17.